The first-order chi connectivity index (χ1) is 9.97. The monoisotopic (exact) mass is 344 g/mol. The summed E-state index contributed by atoms with van der Waals surface area (Å²) in [6, 6.07) is 5.05. The van der Waals surface area contributed by atoms with Crippen molar-refractivity contribution in [3.63, 3.8) is 0 Å². The molecule has 0 saturated heterocycles. The number of rotatable bonds is 5. The molecule has 2 aromatic rings. The lowest BCUT2D eigenvalue weighted by Crippen LogP contribution is -2.35. The molecule has 1 N–H and O–H groups in total. The minimum Gasteiger partial charge on any atom is -0.479 e. The van der Waals surface area contributed by atoms with Crippen LogP contribution >= 0.6 is 34.5 Å². The third-order valence-corrected chi connectivity index (χ3v) is 4.41. The Kier molecular flexibility index (Phi) is 5.45. The Labute approximate surface area is 137 Å². The number of nitrogens with zero attached hydrogens (tertiary/aromatic N) is 1. The van der Waals surface area contributed by atoms with Crippen LogP contribution < -0.4 is 10.1 Å². The maximum atomic E-state index is 12.0. The Balaban J connectivity index is 1.92. The van der Waals surface area contributed by atoms with E-state index in [0.717, 1.165) is 9.88 Å². The highest BCUT2D eigenvalue weighted by atomic mass is 35.5. The van der Waals surface area contributed by atoms with Crippen LogP contribution in [-0.4, -0.2) is 17.0 Å². The molecule has 0 saturated carbocycles. The molecule has 7 heteroatoms. The molecule has 1 atom stereocenters. The topological polar surface area (TPSA) is 51.2 Å². The standard InChI is InChI=1S/C14H14Cl2N2O2S/c1-8(20-12-5-3-4-11(15)13(12)16)14(19)18-7-10-6-17-9(2)21-10/h3-6,8H,7H2,1-2H3,(H,18,19). The number of carbonyl (C=O) groups is 1. The quantitative estimate of drug-likeness (QED) is 0.896. The lowest BCUT2D eigenvalue weighted by molar-refractivity contribution is -0.127. The number of hydrogen-bond acceptors (Lipinski definition) is 4. The lowest BCUT2D eigenvalue weighted by Gasteiger charge is -2.15. The largest absolute Gasteiger partial charge is 0.479 e. The van der Waals surface area contributed by atoms with E-state index in [1.54, 1.807) is 42.7 Å². The van der Waals surface area contributed by atoms with Crippen molar-refractivity contribution in [3.05, 3.63) is 44.3 Å². The van der Waals surface area contributed by atoms with Gasteiger partial charge in [0.25, 0.3) is 5.91 Å². The fourth-order valence-electron chi connectivity index (χ4n) is 1.62. The smallest absolute Gasteiger partial charge is 0.261 e. The molecule has 21 heavy (non-hydrogen) atoms. The van der Waals surface area contributed by atoms with Gasteiger partial charge in [-0.2, -0.15) is 0 Å². The average molecular weight is 345 g/mol. The summed E-state index contributed by atoms with van der Waals surface area (Å²) in [6.45, 7) is 4.01. The van der Waals surface area contributed by atoms with Crippen LogP contribution in [-0.2, 0) is 11.3 Å². The highest BCUT2D eigenvalue weighted by molar-refractivity contribution is 7.11. The SMILES string of the molecule is Cc1ncc(CNC(=O)C(C)Oc2cccc(Cl)c2Cl)s1. The third-order valence-electron chi connectivity index (χ3n) is 2.70. The van der Waals surface area contributed by atoms with Crippen LogP contribution in [0.15, 0.2) is 24.4 Å². The van der Waals surface area contributed by atoms with Crippen LogP contribution in [0.25, 0.3) is 0 Å². The van der Waals surface area contributed by atoms with Crippen LogP contribution in [0.4, 0.5) is 0 Å². The van der Waals surface area contributed by atoms with E-state index in [1.165, 1.54) is 0 Å². The van der Waals surface area contributed by atoms with E-state index >= 15 is 0 Å². The zero-order valence-electron chi connectivity index (χ0n) is 11.5. The van der Waals surface area contributed by atoms with E-state index in [2.05, 4.69) is 10.3 Å². The molecule has 1 unspecified atom stereocenters. The van der Waals surface area contributed by atoms with Crippen LogP contribution in [0.5, 0.6) is 5.75 Å². The second-order valence-electron chi connectivity index (χ2n) is 4.38. The fourth-order valence-corrected chi connectivity index (χ4v) is 2.70. The van der Waals surface area contributed by atoms with Gasteiger partial charge in [-0.25, -0.2) is 4.98 Å². The Bertz CT molecular complexity index is 646. The number of aromatic nitrogens is 1. The van der Waals surface area contributed by atoms with Crippen LogP contribution in [0.3, 0.4) is 0 Å². The molecule has 0 fully saturated rings. The van der Waals surface area contributed by atoms with Crippen molar-refractivity contribution in [2.45, 2.75) is 26.5 Å². The van der Waals surface area contributed by atoms with Crippen LogP contribution in [0, 0.1) is 6.92 Å². The molecule has 0 radical (unpaired) electrons. The second-order valence-corrected chi connectivity index (χ2v) is 6.48. The lowest BCUT2D eigenvalue weighted by atomic mass is 10.3. The van der Waals surface area contributed by atoms with Crippen molar-refractivity contribution < 1.29 is 9.53 Å². The Morgan fingerprint density at radius 2 is 2.24 bits per heavy atom. The average Bonchev–Trinajstić information content (AvgIpc) is 2.87. The Morgan fingerprint density at radius 1 is 1.48 bits per heavy atom. The van der Waals surface area contributed by atoms with Crippen LogP contribution in [0.1, 0.15) is 16.8 Å². The molecule has 1 aromatic carbocycles. The fraction of sp³-hybridized carbons (Fsp3) is 0.286. The van der Waals surface area contributed by atoms with E-state index in [4.69, 9.17) is 27.9 Å². The summed E-state index contributed by atoms with van der Waals surface area (Å²) >= 11 is 13.5. The Hall–Kier alpha value is -1.30. The van der Waals surface area contributed by atoms with Crippen molar-refractivity contribution in [1.29, 1.82) is 0 Å². The summed E-state index contributed by atoms with van der Waals surface area (Å²) in [4.78, 5) is 17.1. The van der Waals surface area contributed by atoms with Gasteiger partial charge in [-0.1, -0.05) is 29.3 Å². The zero-order chi connectivity index (χ0) is 15.4. The first-order valence-corrected chi connectivity index (χ1v) is 7.84. The molecular weight excluding hydrogens is 331 g/mol. The first kappa shape index (κ1) is 16.1. The predicted octanol–water partition coefficient (Wildman–Crippen LogP) is 3.84. The van der Waals surface area contributed by atoms with Crippen molar-refractivity contribution in [2.75, 3.05) is 0 Å². The summed E-state index contributed by atoms with van der Waals surface area (Å²) in [5.41, 5.74) is 0. The summed E-state index contributed by atoms with van der Waals surface area (Å²) in [6.07, 6.45) is 1.08. The zero-order valence-corrected chi connectivity index (χ0v) is 13.9. The highest BCUT2D eigenvalue weighted by Gasteiger charge is 2.17. The predicted molar refractivity (Wildman–Crippen MR) is 85.2 cm³/mol. The van der Waals surface area contributed by atoms with Crippen molar-refractivity contribution in [1.82, 2.24) is 10.3 Å². The molecule has 112 valence electrons. The van der Waals surface area contributed by atoms with E-state index < -0.39 is 6.10 Å². The number of ether oxygens (including phenoxy) is 1. The van der Waals surface area contributed by atoms with E-state index in [9.17, 15) is 4.79 Å². The minimum absolute atomic E-state index is 0.225. The van der Waals surface area contributed by atoms with Crippen LogP contribution in [0.2, 0.25) is 10.0 Å². The van der Waals surface area contributed by atoms with Crippen molar-refractivity contribution in [2.24, 2.45) is 0 Å². The number of halogens is 2. The van der Waals surface area contributed by atoms with Gasteiger partial charge >= 0.3 is 0 Å². The number of carbonyl (C=O) groups excluding carboxylic acids is 1. The molecule has 0 aliphatic rings. The molecule has 0 aliphatic heterocycles. The van der Waals surface area contributed by atoms with Gasteiger partial charge in [-0.3, -0.25) is 4.79 Å². The van der Waals surface area contributed by atoms with Gasteiger partial charge in [0, 0.05) is 11.1 Å². The second kappa shape index (κ2) is 7.11. The summed E-state index contributed by atoms with van der Waals surface area (Å²) in [5.74, 6) is 0.164. The highest BCUT2D eigenvalue weighted by Crippen LogP contribution is 2.32. The molecule has 0 bridgehead atoms. The normalized spacial score (nSPS) is 12.0. The molecule has 1 amide bonds. The van der Waals surface area contributed by atoms with Crippen molar-refractivity contribution in [3.8, 4) is 5.75 Å². The number of amides is 1. The summed E-state index contributed by atoms with van der Waals surface area (Å²) in [7, 11) is 0. The van der Waals surface area contributed by atoms with E-state index in [-0.39, 0.29) is 5.91 Å². The maximum absolute atomic E-state index is 12.0. The molecule has 2 rings (SSSR count). The number of thiazole rings is 1. The number of benzene rings is 1. The van der Waals surface area contributed by atoms with Gasteiger partial charge in [-0.15, -0.1) is 11.3 Å². The van der Waals surface area contributed by atoms with E-state index in [0.29, 0.717) is 22.3 Å². The summed E-state index contributed by atoms with van der Waals surface area (Å²) in [5, 5.41) is 4.46. The van der Waals surface area contributed by atoms with E-state index in [1.807, 2.05) is 6.92 Å². The number of aryl methyl sites for hydroxylation is 1. The number of nitrogens with one attached hydrogen (secondary N) is 1. The van der Waals surface area contributed by atoms with Gasteiger partial charge < -0.3 is 10.1 Å². The Morgan fingerprint density at radius 3 is 2.90 bits per heavy atom. The molecule has 1 aromatic heterocycles. The molecule has 1 heterocycles. The molecular formula is C14H14Cl2N2O2S. The van der Waals surface area contributed by atoms with Gasteiger partial charge in [0.15, 0.2) is 6.10 Å². The van der Waals surface area contributed by atoms with Gasteiger partial charge in [-0.05, 0) is 26.0 Å². The van der Waals surface area contributed by atoms with Gasteiger partial charge in [0.05, 0.1) is 16.6 Å². The van der Waals surface area contributed by atoms with Gasteiger partial charge in [0.2, 0.25) is 0 Å². The molecule has 4 nitrogen and oxygen atoms in total. The maximum Gasteiger partial charge on any atom is 0.261 e. The first-order valence-electron chi connectivity index (χ1n) is 6.27. The minimum atomic E-state index is -0.671. The third kappa shape index (κ3) is 4.33. The number of hydrogen-bond donors (Lipinski definition) is 1. The van der Waals surface area contributed by atoms with Crippen molar-refractivity contribution >= 4 is 40.4 Å². The summed E-state index contributed by atoms with van der Waals surface area (Å²) < 4.78 is 5.54. The molecule has 0 spiro atoms. The molecule has 0 aliphatic carbocycles. The van der Waals surface area contributed by atoms with Gasteiger partial charge in [0.1, 0.15) is 10.8 Å².